The lowest BCUT2D eigenvalue weighted by atomic mass is 9.96. The Morgan fingerprint density at radius 2 is 2.24 bits per heavy atom. The number of carbonyl (C=O) groups is 1. The predicted octanol–water partition coefficient (Wildman–Crippen LogP) is 1.63. The summed E-state index contributed by atoms with van der Waals surface area (Å²) in [5.74, 6) is 1.42. The molecule has 1 aliphatic carbocycles. The number of amides is 1. The van der Waals surface area contributed by atoms with Gasteiger partial charge in [-0.25, -0.2) is 0 Å². The van der Waals surface area contributed by atoms with Crippen LogP contribution in [-0.2, 0) is 12.1 Å². The van der Waals surface area contributed by atoms with E-state index in [1.807, 2.05) is 0 Å². The molecule has 1 amide bonds. The molecule has 1 fully saturated rings. The third-order valence-electron chi connectivity index (χ3n) is 3.88. The molecule has 7 heteroatoms. The molecule has 0 atom stereocenters. The van der Waals surface area contributed by atoms with Crippen molar-refractivity contribution in [2.75, 3.05) is 0 Å². The third kappa shape index (κ3) is 2.56. The van der Waals surface area contributed by atoms with Crippen molar-refractivity contribution >= 4 is 5.91 Å². The molecule has 0 aromatic carbocycles. The lowest BCUT2D eigenvalue weighted by molar-refractivity contribution is 0.0891. The standard InChI is InChI=1S/C14H18N4O3/c1-9-16-13(18-21-9)14(4-2-3-5-14)17-12(19)10-6-11(7-15)20-8-10/h6,8H,2-5,7,15H2,1H3,(H,17,19). The van der Waals surface area contributed by atoms with Crippen molar-refractivity contribution in [2.45, 2.75) is 44.7 Å². The first-order chi connectivity index (χ1) is 10.1. The monoisotopic (exact) mass is 290 g/mol. The van der Waals surface area contributed by atoms with E-state index in [1.54, 1.807) is 13.0 Å². The van der Waals surface area contributed by atoms with Crippen LogP contribution in [0.3, 0.4) is 0 Å². The van der Waals surface area contributed by atoms with Crippen LogP contribution in [0.25, 0.3) is 0 Å². The highest BCUT2D eigenvalue weighted by Gasteiger charge is 2.41. The molecule has 0 unspecified atom stereocenters. The van der Waals surface area contributed by atoms with E-state index in [0.29, 0.717) is 23.0 Å². The van der Waals surface area contributed by atoms with Gasteiger partial charge in [-0.15, -0.1) is 0 Å². The van der Waals surface area contributed by atoms with Gasteiger partial charge in [0.05, 0.1) is 12.1 Å². The van der Waals surface area contributed by atoms with Gasteiger partial charge in [0.15, 0.2) is 5.82 Å². The first-order valence-corrected chi connectivity index (χ1v) is 7.04. The fraction of sp³-hybridized carbons (Fsp3) is 0.500. The first-order valence-electron chi connectivity index (χ1n) is 7.04. The largest absolute Gasteiger partial charge is 0.467 e. The van der Waals surface area contributed by atoms with Crippen molar-refractivity contribution in [3.8, 4) is 0 Å². The van der Waals surface area contributed by atoms with Gasteiger partial charge in [-0.3, -0.25) is 4.79 Å². The summed E-state index contributed by atoms with van der Waals surface area (Å²) in [5, 5.41) is 7.04. The molecule has 0 bridgehead atoms. The van der Waals surface area contributed by atoms with Gasteiger partial charge in [-0.2, -0.15) is 4.98 Å². The SMILES string of the molecule is Cc1nc(C2(NC(=O)c3coc(CN)c3)CCCC2)no1. The number of furan rings is 1. The lowest BCUT2D eigenvalue weighted by Gasteiger charge is -2.26. The minimum atomic E-state index is -0.547. The number of hydrogen-bond donors (Lipinski definition) is 2. The number of nitrogens with one attached hydrogen (secondary N) is 1. The van der Waals surface area contributed by atoms with Gasteiger partial charge in [0.2, 0.25) is 5.89 Å². The fourth-order valence-electron chi connectivity index (χ4n) is 2.77. The maximum Gasteiger partial charge on any atom is 0.255 e. The molecule has 2 aromatic heterocycles. The van der Waals surface area contributed by atoms with E-state index in [2.05, 4.69) is 15.5 Å². The number of aryl methyl sites for hydroxylation is 1. The summed E-state index contributed by atoms with van der Waals surface area (Å²) in [6, 6.07) is 1.65. The van der Waals surface area contributed by atoms with Crippen LogP contribution in [0.4, 0.5) is 0 Å². The Hall–Kier alpha value is -2.15. The molecule has 3 N–H and O–H groups in total. The van der Waals surface area contributed by atoms with Crippen molar-refractivity contribution in [1.29, 1.82) is 0 Å². The molecule has 1 aliphatic rings. The third-order valence-corrected chi connectivity index (χ3v) is 3.88. The average molecular weight is 290 g/mol. The van der Waals surface area contributed by atoms with Crippen LogP contribution in [0.1, 0.15) is 53.5 Å². The Morgan fingerprint density at radius 3 is 2.81 bits per heavy atom. The Bertz CT molecular complexity index is 640. The Labute approximate surface area is 121 Å². The van der Waals surface area contributed by atoms with Gasteiger partial charge >= 0.3 is 0 Å². The molecular weight excluding hydrogens is 272 g/mol. The minimum absolute atomic E-state index is 0.206. The van der Waals surface area contributed by atoms with Crippen LogP contribution < -0.4 is 11.1 Å². The highest BCUT2D eigenvalue weighted by molar-refractivity contribution is 5.94. The summed E-state index contributed by atoms with van der Waals surface area (Å²) in [4.78, 5) is 16.7. The van der Waals surface area contributed by atoms with E-state index in [-0.39, 0.29) is 12.5 Å². The number of carbonyl (C=O) groups excluding carboxylic acids is 1. The maximum atomic E-state index is 12.4. The van der Waals surface area contributed by atoms with E-state index in [1.165, 1.54) is 6.26 Å². The maximum absolute atomic E-state index is 12.4. The smallest absolute Gasteiger partial charge is 0.255 e. The van der Waals surface area contributed by atoms with Crippen LogP contribution in [0.5, 0.6) is 0 Å². The Balaban J connectivity index is 1.84. The molecule has 0 aliphatic heterocycles. The number of rotatable bonds is 4. The second-order valence-corrected chi connectivity index (χ2v) is 5.39. The predicted molar refractivity (Wildman–Crippen MR) is 73.2 cm³/mol. The molecule has 112 valence electrons. The molecule has 1 saturated carbocycles. The van der Waals surface area contributed by atoms with E-state index in [9.17, 15) is 4.79 Å². The van der Waals surface area contributed by atoms with Crippen LogP contribution in [0, 0.1) is 6.92 Å². The summed E-state index contributed by atoms with van der Waals surface area (Å²) in [7, 11) is 0. The van der Waals surface area contributed by atoms with Gasteiger partial charge in [0.1, 0.15) is 17.6 Å². The zero-order valence-corrected chi connectivity index (χ0v) is 11.9. The Morgan fingerprint density at radius 1 is 1.48 bits per heavy atom. The van der Waals surface area contributed by atoms with Crippen LogP contribution in [0.15, 0.2) is 21.3 Å². The molecule has 3 rings (SSSR count). The number of hydrogen-bond acceptors (Lipinski definition) is 6. The topological polar surface area (TPSA) is 107 Å². The van der Waals surface area contributed by atoms with Gasteiger partial charge < -0.3 is 20.0 Å². The first kappa shape index (κ1) is 13.8. The molecule has 0 saturated heterocycles. The highest BCUT2D eigenvalue weighted by Crippen LogP contribution is 2.37. The van der Waals surface area contributed by atoms with Gasteiger partial charge in [0.25, 0.3) is 5.91 Å². The Kier molecular flexibility index (Phi) is 3.50. The summed E-state index contributed by atoms with van der Waals surface area (Å²) in [6.07, 6.45) is 5.07. The van der Waals surface area contributed by atoms with E-state index < -0.39 is 5.54 Å². The van der Waals surface area contributed by atoms with Crippen molar-refractivity contribution in [3.63, 3.8) is 0 Å². The van der Waals surface area contributed by atoms with E-state index in [0.717, 1.165) is 25.7 Å². The number of nitrogens with zero attached hydrogens (tertiary/aromatic N) is 2. The molecule has 0 radical (unpaired) electrons. The van der Waals surface area contributed by atoms with Gasteiger partial charge in [0, 0.05) is 6.92 Å². The summed E-state index contributed by atoms with van der Waals surface area (Å²) < 4.78 is 10.3. The average Bonchev–Trinajstić information content (AvgIpc) is 3.18. The molecule has 2 heterocycles. The number of nitrogens with two attached hydrogens (primary N) is 1. The molecule has 21 heavy (non-hydrogen) atoms. The second kappa shape index (κ2) is 5.33. The van der Waals surface area contributed by atoms with Crippen molar-refractivity contribution in [3.05, 3.63) is 35.4 Å². The summed E-state index contributed by atoms with van der Waals surface area (Å²) >= 11 is 0. The van der Waals surface area contributed by atoms with Gasteiger partial charge in [-0.05, 0) is 18.9 Å². The fourth-order valence-corrected chi connectivity index (χ4v) is 2.77. The van der Waals surface area contributed by atoms with Gasteiger partial charge in [-0.1, -0.05) is 18.0 Å². The summed E-state index contributed by atoms with van der Waals surface area (Å²) in [5.41, 5.74) is 5.40. The van der Waals surface area contributed by atoms with Crippen LogP contribution in [-0.4, -0.2) is 16.0 Å². The molecule has 0 spiro atoms. The molecule has 2 aromatic rings. The summed E-state index contributed by atoms with van der Waals surface area (Å²) in [6.45, 7) is 2.01. The van der Waals surface area contributed by atoms with Crippen molar-refractivity contribution in [1.82, 2.24) is 15.5 Å². The zero-order chi connectivity index (χ0) is 14.9. The van der Waals surface area contributed by atoms with Crippen molar-refractivity contribution in [2.24, 2.45) is 5.73 Å². The quantitative estimate of drug-likeness (QED) is 0.886. The lowest BCUT2D eigenvalue weighted by Crippen LogP contribution is -2.44. The minimum Gasteiger partial charge on any atom is -0.467 e. The normalized spacial score (nSPS) is 17.0. The second-order valence-electron chi connectivity index (χ2n) is 5.39. The zero-order valence-electron chi connectivity index (χ0n) is 11.9. The van der Waals surface area contributed by atoms with Crippen LogP contribution in [0.2, 0.25) is 0 Å². The van der Waals surface area contributed by atoms with E-state index in [4.69, 9.17) is 14.7 Å². The van der Waals surface area contributed by atoms with Crippen LogP contribution >= 0.6 is 0 Å². The van der Waals surface area contributed by atoms with E-state index >= 15 is 0 Å². The highest BCUT2D eigenvalue weighted by atomic mass is 16.5. The molecule has 7 nitrogen and oxygen atoms in total. The van der Waals surface area contributed by atoms with Crippen molar-refractivity contribution < 1.29 is 13.7 Å². The molecular formula is C14H18N4O3. The number of aromatic nitrogens is 2.